The van der Waals surface area contributed by atoms with Crippen molar-refractivity contribution in [2.75, 3.05) is 45.9 Å². The summed E-state index contributed by atoms with van der Waals surface area (Å²) in [5, 5.41) is 0. The summed E-state index contributed by atoms with van der Waals surface area (Å²) in [4.78, 5) is 33.2. The Morgan fingerprint density at radius 2 is 1.71 bits per heavy atom. The van der Waals surface area contributed by atoms with Crippen molar-refractivity contribution in [2.24, 2.45) is 17.3 Å². The average molecular weight is 528 g/mol. The summed E-state index contributed by atoms with van der Waals surface area (Å²) in [6.07, 6.45) is 8.81. The third-order valence-electron chi connectivity index (χ3n) is 10.3. The molecule has 6 nitrogen and oxygen atoms in total. The van der Waals surface area contributed by atoms with Gasteiger partial charge in [0.1, 0.15) is 12.4 Å². The number of piperidine rings is 2. The van der Waals surface area contributed by atoms with E-state index in [2.05, 4.69) is 30.6 Å². The van der Waals surface area contributed by atoms with Crippen molar-refractivity contribution in [3.63, 3.8) is 0 Å². The molecule has 210 valence electrons. The van der Waals surface area contributed by atoms with E-state index in [-0.39, 0.29) is 40.6 Å². The van der Waals surface area contributed by atoms with Crippen molar-refractivity contribution >= 4 is 12.0 Å². The number of nitrogens with zero attached hydrogens (tertiary/aromatic N) is 3. The topological polar surface area (TPSA) is 53.1 Å². The molecular formula is C31H46FN3O3. The molecule has 0 bridgehead atoms. The molecular weight excluding hydrogens is 481 g/mol. The Morgan fingerprint density at radius 3 is 2.32 bits per heavy atom. The lowest BCUT2D eigenvalue weighted by Crippen LogP contribution is -2.56. The van der Waals surface area contributed by atoms with Crippen LogP contribution in [-0.4, -0.2) is 78.1 Å². The predicted octanol–water partition coefficient (Wildman–Crippen LogP) is 5.67. The van der Waals surface area contributed by atoms with Gasteiger partial charge in [-0.2, -0.15) is 0 Å². The Morgan fingerprint density at radius 1 is 1.03 bits per heavy atom. The second-order valence-electron chi connectivity index (χ2n) is 12.9. The first kappa shape index (κ1) is 27.4. The number of hydrogen-bond acceptors (Lipinski definition) is 4. The molecule has 3 saturated heterocycles. The molecule has 4 aliphatic rings. The Kier molecular flexibility index (Phi) is 8.04. The molecule has 4 fully saturated rings. The molecule has 38 heavy (non-hydrogen) atoms. The van der Waals surface area contributed by atoms with Crippen molar-refractivity contribution in [3.8, 4) is 0 Å². The third-order valence-corrected chi connectivity index (χ3v) is 10.3. The molecule has 3 heterocycles. The van der Waals surface area contributed by atoms with Crippen LogP contribution in [0.1, 0.15) is 83.6 Å². The Bertz CT molecular complexity index is 983. The Balaban J connectivity index is 1.32. The molecule has 1 aromatic rings. The van der Waals surface area contributed by atoms with Crippen LogP contribution in [0.3, 0.4) is 0 Å². The normalized spacial score (nSPS) is 28.4. The van der Waals surface area contributed by atoms with Gasteiger partial charge in [0, 0.05) is 38.0 Å². The lowest BCUT2D eigenvalue weighted by molar-refractivity contribution is -0.141. The van der Waals surface area contributed by atoms with Crippen LogP contribution in [0, 0.1) is 23.1 Å². The summed E-state index contributed by atoms with van der Waals surface area (Å²) in [6.45, 7) is 11.8. The number of cyclic esters (lactones) is 1. The van der Waals surface area contributed by atoms with E-state index >= 15 is 0 Å². The Hall–Kier alpha value is -2.15. The van der Waals surface area contributed by atoms with Crippen molar-refractivity contribution < 1.29 is 18.7 Å². The van der Waals surface area contributed by atoms with Crippen molar-refractivity contribution in [2.45, 2.75) is 83.6 Å². The van der Waals surface area contributed by atoms with Gasteiger partial charge in [-0.15, -0.1) is 0 Å². The number of likely N-dealkylation sites (N-methyl/N-ethyl adjacent to an activating group) is 1. The van der Waals surface area contributed by atoms with Gasteiger partial charge in [-0.3, -0.25) is 9.69 Å². The van der Waals surface area contributed by atoms with E-state index in [0.29, 0.717) is 12.5 Å². The van der Waals surface area contributed by atoms with Crippen LogP contribution < -0.4 is 0 Å². The summed E-state index contributed by atoms with van der Waals surface area (Å²) in [7, 11) is 0. The SMILES string of the molecule is CCN1CCC(C(=O)N2CCC(CN3C(=O)OCC3(C)C)(C3CCCCC3)CC2)C(c2ccc(F)cc2)C1. The summed E-state index contributed by atoms with van der Waals surface area (Å²) in [5.41, 5.74) is 0.812. The molecule has 0 aromatic heterocycles. The van der Waals surface area contributed by atoms with Crippen molar-refractivity contribution in [1.82, 2.24) is 14.7 Å². The standard InChI is InChI=1S/C31H46FN3O3/c1-4-33-17-14-26(27(20-33)23-10-12-25(32)13-11-23)28(36)34-18-15-31(16-19-34,24-8-6-5-7-9-24)21-35-29(37)38-22-30(35,2)3/h10-13,24,26-27H,4-9,14-22H2,1-3H3. The number of carbonyl (C=O) groups excluding carboxylic acids is 2. The highest BCUT2D eigenvalue weighted by molar-refractivity contribution is 5.80. The fraction of sp³-hybridized carbons (Fsp3) is 0.742. The van der Waals surface area contributed by atoms with Gasteiger partial charge in [-0.1, -0.05) is 38.3 Å². The maximum absolute atomic E-state index is 14.0. The number of benzene rings is 1. The average Bonchev–Trinajstić information content (AvgIpc) is 3.20. The molecule has 3 aliphatic heterocycles. The van der Waals surface area contributed by atoms with E-state index in [9.17, 15) is 14.0 Å². The van der Waals surface area contributed by atoms with Gasteiger partial charge in [0.25, 0.3) is 0 Å². The first-order valence-corrected chi connectivity index (χ1v) is 14.9. The van der Waals surface area contributed by atoms with E-state index < -0.39 is 0 Å². The summed E-state index contributed by atoms with van der Waals surface area (Å²) in [5.74, 6) is 0.630. The van der Waals surface area contributed by atoms with Gasteiger partial charge in [0.15, 0.2) is 0 Å². The summed E-state index contributed by atoms with van der Waals surface area (Å²) in [6, 6.07) is 6.76. The van der Waals surface area contributed by atoms with Gasteiger partial charge in [0.05, 0.1) is 5.54 Å². The van der Waals surface area contributed by atoms with Crippen LogP contribution in [0.2, 0.25) is 0 Å². The largest absolute Gasteiger partial charge is 0.447 e. The lowest BCUT2D eigenvalue weighted by atomic mass is 9.63. The molecule has 1 aliphatic carbocycles. The fourth-order valence-electron chi connectivity index (χ4n) is 7.70. The summed E-state index contributed by atoms with van der Waals surface area (Å²) < 4.78 is 19.1. The maximum atomic E-state index is 14.0. The van der Waals surface area contributed by atoms with Crippen molar-refractivity contribution in [1.29, 1.82) is 0 Å². The minimum absolute atomic E-state index is 0.0414. The van der Waals surface area contributed by atoms with Crippen LogP contribution in [0.5, 0.6) is 0 Å². The monoisotopic (exact) mass is 527 g/mol. The zero-order valence-electron chi connectivity index (χ0n) is 23.6. The lowest BCUT2D eigenvalue weighted by Gasteiger charge is -2.51. The number of amides is 2. The Labute approximate surface area is 227 Å². The van der Waals surface area contributed by atoms with E-state index in [1.165, 1.54) is 44.2 Å². The van der Waals surface area contributed by atoms with Crippen LogP contribution in [0.25, 0.3) is 0 Å². The van der Waals surface area contributed by atoms with Gasteiger partial charge in [-0.05, 0) is 88.1 Å². The second kappa shape index (κ2) is 11.1. The second-order valence-corrected chi connectivity index (χ2v) is 12.9. The van der Waals surface area contributed by atoms with Crippen LogP contribution in [0.4, 0.5) is 9.18 Å². The first-order chi connectivity index (χ1) is 18.2. The minimum Gasteiger partial charge on any atom is -0.447 e. The van der Waals surface area contributed by atoms with E-state index in [4.69, 9.17) is 4.74 Å². The molecule has 5 rings (SSSR count). The van der Waals surface area contributed by atoms with Crippen LogP contribution in [0.15, 0.2) is 24.3 Å². The third kappa shape index (κ3) is 5.45. The molecule has 7 heteroatoms. The molecule has 0 N–H and O–H groups in total. The highest BCUT2D eigenvalue weighted by atomic mass is 19.1. The van der Waals surface area contributed by atoms with Gasteiger partial charge >= 0.3 is 6.09 Å². The zero-order valence-corrected chi connectivity index (χ0v) is 23.6. The maximum Gasteiger partial charge on any atom is 0.410 e. The van der Waals surface area contributed by atoms with Gasteiger partial charge in [-0.25, -0.2) is 9.18 Å². The quantitative estimate of drug-likeness (QED) is 0.478. The molecule has 2 atom stereocenters. The first-order valence-electron chi connectivity index (χ1n) is 14.9. The molecule has 0 radical (unpaired) electrons. The molecule has 1 saturated carbocycles. The molecule has 2 unspecified atom stereocenters. The highest BCUT2D eigenvalue weighted by Gasteiger charge is 2.50. The molecule has 1 aromatic carbocycles. The summed E-state index contributed by atoms with van der Waals surface area (Å²) >= 11 is 0. The zero-order chi connectivity index (χ0) is 26.9. The van der Waals surface area contributed by atoms with Crippen molar-refractivity contribution in [3.05, 3.63) is 35.6 Å². The predicted molar refractivity (Wildman–Crippen MR) is 146 cm³/mol. The highest BCUT2D eigenvalue weighted by Crippen LogP contribution is 2.48. The number of halogens is 1. The molecule has 0 spiro atoms. The van der Waals surface area contributed by atoms with E-state index in [1.54, 1.807) is 0 Å². The minimum atomic E-state index is -0.290. The number of rotatable bonds is 6. The van der Waals surface area contributed by atoms with E-state index in [0.717, 1.165) is 64.1 Å². The van der Waals surface area contributed by atoms with Gasteiger partial charge < -0.3 is 14.5 Å². The number of likely N-dealkylation sites (tertiary alicyclic amines) is 2. The smallest absolute Gasteiger partial charge is 0.410 e. The van der Waals surface area contributed by atoms with Gasteiger partial charge in [0.2, 0.25) is 5.91 Å². The van der Waals surface area contributed by atoms with Crippen LogP contribution >= 0.6 is 0 Å². The number of ether oxygens (including phenoxy) is 1. The fourth-order valence-corrected chi connectivity index (χ4v) is 7.70. The van der Waals surface area contributed by atoms with Crippen LogP contribution in [-0.2, 0) is 9.53 Å². The number of hydrogen-bond donors (Lipinski definition) is 0. The molecule has 2 amide bonds. The van der Waals surface area contributed by atoms with E-state index in [1.807, 2.05) is 17.0 Å². The number of carbonyl (C=O) groups is 2.